The van der Waals surface area contributed by atoms with E-state index >= 15 is 0 Å². The van der Waals surface area contributed by atoms with E-state index in [1.54, 1.807) is 6.08 Å². The second kappa shape index (κ2) is 58.7. The molecule has 8 atom stereocenters. The highest BCUT2D eigenvalue weighted by Gasteiger charge is 2.47. The average Bonchev–Trinajstić information content (AvgIpc) is 3.52. The smallest absolute Gasteiger partial charge is 0.306 e. The van der Waals surface area contributed by atoms with Crippen molar-refractivity contribution < 1.29 is 49.3 Å². The normalized spacial score (nSPS) is 19.3. The van der Waals surface area contributed by atoms with Crippen molar-refractivity contribution in [2.24, 2.45) is 0 Å². The van der Waals surface area contributed by atoms with E-state index in [1.165, 1.54) is 109 Å². The lowest BCUT2D eigenvalue weighted by atomic mass is 9.99. The number of carbonyl (C=O) groups is 2. The molecule has 1 aliphatic rings. The summed E-state index contributed by atoms with van der Waals surface area (Å²) in [5, 5.41) is 57.1. The first-order valence-corrected chi connectivity index (χ1v) is 33.7. The van der Waals surface area contributed by atoms with Gasteiger partial charge in [-0.1, -0.05) is 259 Å². The second-order valence-electron chi connectivity index (χ2n) is 22.8. The Kier molecular flexibility index (Phi) is 54.7. The Hall–Kier alpha value is -3.68. The first-order valence-electron chi connectivity index (χ1n) is 33.7. The molecule has 1 aliphatic heterocycles. The van der Waals surface area contributed by atoms with Crippen LogP contribution in [0.1, 0.15) is 271 Å². The number of hydrogen-bond donors (Lipinski definition) is 6. The largest absolute Gasteiger partial charge is 0.454 e. The van der Waals surface area contributed by atoms with Crippen LogP contribution in [0.3, 0.4) is 0 Å². The highest BCUT2D eigenvalue weighted by Crippen LogP contribution is 2.26. The molecule has 1 heterocycles. The number of rotatable bonds is 56. The highest BCUT2D eigenvalue weighted by molar-refractivity contribution is 5.80. The van der Waals surface area contributed by atoms with Crippen LogP contribution in [0, 0.1) is 0 Å². The maximum absolute atomic E-state index is 13.5. The molecular weight excluding hydrogens is 1040 g/mol. The summed E-state index contributed by atoms with van der Waals surface area (Å²) < 4.78 is 17.6. The molecule has 83 heavy (non-hydrogen) atoms. The fourth-order valence-corrected chi connectivity index (χ4v) is 9.79. The van der Waals surface area contributed by atoms with E-state index in [1.807, 2.05) is 6.08 Å². The van der Waals surface area contributed by atoms with Gasteiger partial charge in [-0.25, -0.2) is 0 Å². The molecule has 0 aromatic rings. The van der Waals surface area contributed by atoms with Crippen LogP contribution in [0.2, 0.25) is 0 Å². The van der Waals surface area contributed by atoms with Gasteiger partial charge in [0.1, 0.15) is 24.4 Å². The summed E-state index contributed by atoms with van der Waals surface area (Å²) in [6.07, 6.45) is 69.8. The van der Waals surface area contributed by atoms with Crippen LogP contribution < -0.4 is 5.32 Å². The predicted octanol–water partition coefficient (Wildman–Crippen LogP) is 16.8. The lowest BCUT2D eigenvalue weighted by molar-refractivity contribution is -0.305. The Balaban J connectivity index is 2.63. The van der Waals surface area contributed by atoms with Gasteiger partial charge in [0.15, 0.2) is 12.4 Å². The number of unbranched alkanes of at least 4 members (excludes halogenated alkanes) is 26. The van der Waals surface area contributed by atoms with Gasteiger partial charge in [0.05, 0.1) is 25.4 Å². The minimum Gasteiger partial charge on any atom is -0.454 e. The Bertz CT molecular complexity index is 1770. The summed E-state index contributed by atoms with van der Waals surface area (Å²) >= 11 is 0. The third-order valence-electron chi connectivity index (χ3n) is 15.1. The summed E-state index contributed by atoms with van der Waals surface area (Å²) in [5.74, 6) is -1.24. The fraction of sp³-hybridized carbons (Fsp3) is 0.722. The number of nitrogens with one attached hydrogen (secondary N) is 1. The summed E-state index contributed by atoms with van der Waals surface area (Å²) in [6, 6.07) is -1.04. The molecule has 0 aromatic carbocycles. The van der Waals surface area contributed by atoms with Crippen molar-refractivity contribution in [3.05, 3.63) is 109 Å². The lowest BCUT2D eigenvalue weighted by Gasteiger charge is -2.41. The molecule has 6 N–H and O–H groups in total. The van der Waals surface area contributed by atoms with E-state index in [9.17, 15) is 35.1 Å². The second-order valence-corrected chi connectivity index (χ2v) is 22.8. The molecule has 1 amide bonds. The lowest BCUT2D eigenvalue weighted by Crippen LogP contribution is -2.61. The first kappa shape index (κ1) is 77.3. The monoisotopic (exact) mass is 1160 g/mol. The minimum atomic E-state index is -1.63. The van der Waals surface area contributed by atoms with Gasteiger partial charge in [-0.05, 0) is 116 Å². The van der Waals surface area contributed by atoms with Crippen LogP contribution in [0.4, 0.5) is 0 Å². The van der Waals surface area contributed by atoms with E-state index < -0.39 is 67.4 Å². The van der Waals surface area contributed by atoms with Gasteiger partial charge in [-0.15, -0.1) is 0 Å². The van der Waals surface area contributed by atoms with Crippen molar-refractivity contribution in [1.29, 1.82) is 0 Å². The predicted molar refractivity (Wildman–Crippen MR) is 347 cm³/mol. The van der Waals surface area contributed by atoms with Crippen molar-refractivity contribution in [3.8, 4) is 0 Å². The topological polar surface area (TPSA) is 175 Å². The van der Waals surface area contributed by atoms with Crippen LogP contribution in [-0.4, -0.2) is 99.6 Å². The Morgan fingerprint density at radius 2 is 0.831 bits per heavy atom. The molecular formula is C72H123NO10. The van der Waals surface area contributed by atoms with Gasteiger partial charge in [-0.3, -0.25) is 9.59 Å². The molecule has 1 rings (SSSR count). The Morgan fingerprint density at radius 3 is 1.27 bits per heavy atom. The van der Waals surface area contributed by atoms with Crippen LogP contribution in [-0.2, 0) is 23.8 Å². The summed E-state index contributed by atoms with van der Waals surface area (Å²) in [5.41, 5.74) is 0. The van der Waals surface area contributed by atoms with Crippen LogP contribution in [0.25, 0.3) is 0 Å². The number of hydrogen-bond acceptors (Lipinski definition) is 10. The zero-order valence-corrected chi connectivity index (χ0v) is 52.8. The van der Waals surface area contributed by atoms with Crippen molar-refractivity contribution in [2.45, 2.75) is 320 Å². The van der Waals surface area contributed by atoms with Crippen LogP contribution >= 0.6 is 0 Å². The zero-order chi connectivity index (χ0) is 60.3. The highest BCUT2D eigenvalue weighted by atomic mass is 16.7. The summed E-state index contributed by atoms with van der Waals surface area (Å²) in [6.45, 7) is 5.71. The molecule has 0 bridgehead atoms. The Labute approximate surface area is 507 Å². The van der Waals surface area contributed by atoms with Gasteiger partial charge in [-0.2, -0.15) is 0 Å². The van der Waals surface area contributed by atoms with Crippen molar-refractivity contribution >= 4 is 11.9 Å². The first-order chi connectivity index (χ1) is 40.7. The van der Waals surface area contributed by atoms with Gasteiger partial charge < -0.3 is 45.1 Å². The average molecular weight is 1160 g/mol. The number of aliphatic hydroxyl groups excluding tert-OH is 5. The SMILES string of the molecule is CCCCC/C=C\C/C=C\C/C=C\C/C=C\CCCCCCCCCCC(O)C(=O)NC(COC1OC(CO)C(O)C(O)C1OC(=O)CCCCC/C=C\C/C=C\C/C=C\C/C=C\CCCCC)C(O)/C=C/CCCCCCCCCCC. The van der Waals surface area contributed by atoms with Crippen molar-refractivity contribution in [2.75, 3.05) is 13.2 Å². The molecule has 11 nitrogen and oxygen atoms in total. The zero-order valence-electron chi connectivity index (χ0n) is 52.8. The molecule has 0 spiro atoms. The summed E-state index contributed by atoms with van der Waals surface area (Å²) in [4.78, 5) is 26.6. The maximum atomic E-state index is 13.5. The number of amides is 1. The number of esters is 1. The van der Waals surface area contributed by atoms with E-state index in [2.05, 4.69) is 123 Å². The standard InChI is InChI=1S/C72H123NO10/c1-4-7-10-13-16-19-22-24-26-28-30-31-32-33-34-36-37-39-41-44-47-50-53-56-59-65(76)71(80)73-63(64(75)58-55-52-49-46-43-21-18-15-12-9-6-3)62-81-72-70(69(79)68(78)66(61-74)82-72)83-67(77)60-57-54-51-48-45-42-40-38-35-29-27-25-23-20-17-14-11-8-5-2/h16-17,19-20,24-27,30-31,33-35,38,42,45,55,58,63-66,68-70,72,74-76,78-79H,4-15,18,21-23,28-29,32,36-37,39-41,43-44,46-54,56-57,59-62H2,1-3H3,(H,73,80)/b19-16-,20-17-,26-24-,27-25-,31-30-,34-33-,38-35-,45-42-,58-55+. The van der Waals surface area contributed by atoms with Gasteiger partial charge in [0, 0.05) is 6.42 Å². The van der Waals surface area contributed by atoms with E-state index in [4.69, 9.17) is 14.2 Å². The number of ether oxygens (including phenoxy) is 3. The van der Waals surface area contributed by atoms with Crippen molar-refractivity contribution in [3.63, 3.8) is 0 Å². The third kappa shape index (κ3) is 46.2. The molecule has 0 radical (unpaired) electrons. The minimum absolute atomic E-state index is 0.0803. The van der Waals surface area contributed by atoms with E-state index in [0.29, 0.717) is 12.8 Å². The van der Waals surface area contributed by atoms with Crippen LogP contribution in [0.5, 0.6) is 0 Å². The number of allylic oxidation sites excluding steroid dienone is 17. The Morgan fingerprint density at radius 1 is 0.470 bits per heavy atom. The number of carbonyl (C=O) groups excluding carboxylic acids is 2. The quantitative estimate of drug-likeness (QED) is 0.0195. The van der Waals surface area contributed by atoms with E-state index in [-0.39, 0.29) is 19.4 Å². The molecule has 0 saturated carbocycles. The molecule has 0 aromatic heterocycles. The summed E-state index contributed by atoms with van der Waals surface area (Å²) in [7, 11) is 0. The molecule has 11 heteroatoms. The maximum Gasteiger partial charge on any atom is 0.306 e. The van der Waals surface area contributed by atoms with E-state index in [0.717, 1.165) is 116 Å². The molecule has 476 valence electrons. The van der Waals surface area contributed by atoms with Gasteiger partial charge in [0.25, 0.3) is 0 Å². The van der Waals surface area contributed by atoms with Gasteiger partial charge in [0.2, 0.25) is 5.91 Å². The molecule has 0 aliphatic carbocycles. The fourth-order valence-electron chi connectivity index (χ4n) is 9.79. The number of aliphatic hydroxyl groups is 5. The van der Waals surface area contributed by atoms with Crippen molar-refractivity contribution in [1.82, 2.24) is 5.32 Å². The molecule has 1 fully saturated rings. The molecule has 8 unspecified atom stereocenters. The molecule has 1 saturated heterocycles. The third-order valence-corrected chi connectivity index (χ3v) is 15.1. The van der Waals surface area contributed by atoms with Gasteiger partial charge >= 0.3 is 5.97 Å². The van der Waals surface area contributed by atoms with Crippen LogP contribution in [0.15, 0.2) is 109 Å².